The molecule has 1 unspecified atom stereocenters. The van der Waals surface area contributed by atoms with Crippen molar-refractivity contribution in [1.82, 2.24) is 19.7 Å². The van der Waals surface area contributed by atoms with E-state index in [1.165, 1.54) is 23.0 Å². The zero-order valence-corrected chi connectivity index (χ0v) is 11.9. The van der Waals surface area contributed by atoms with Gasteiger partial charge in [0.2, 0.25) is 0 Å². The number of aromatic nitrogens is 4. The molecule has 1 N–H and O–H groups in total. The van der Waals surface area contributed by atoms with Crippen LogP contribution < -0.4 is 5.56 Å². The summed E-state index contributed by atoms with van der Waals surface area (Å²) >= 11 is 0. The first-order chi connectivity index (χ1) is 10.5. The molecule has 0 aliphatic rings. The van der Waals surface area contributed by atoms with Gasteiger partial charge in [0, 0.05) is 7.05 Å². The second-order valence-corrected chi connectivity index (χ2v) is 4.85. The molecule has 22 heavy (non-hydrogen) atoms. The van der Waals surface area contributed by atoms with Crippen molar-refractivity contribution < 1.29 is 9.34 Å². The first-order valence-electron chi connectivity index (χ1n) is 6.67. The largest absolute Gasteiger partial charge is 0.433 e. The summed E-state index contributed by atoms with van der Waals surface area (Å²) in [5, 5.41) is 14.7. The highest BCUT2D eigenvalue weighted by Gasteiger charge is 2.23. The van der Waals surface area contributed by atoms with Crippen molar-refractivity contribution in [2.45, 2.75) is 19.3 Å². The number of furan rings is 1. The number of H-pyrrole nitrogens is 1. The van der Waals surface area contributed by atoms with Gasteiger partial charge in [0.1, 0.15) is 22.0 Å². The third-order valence-electron chi connectivity index (χ3n) is 3.49. The molecule has 0 saturated carbocycles. The third kappa shape index (κ3) is 2.16. The molecule has 114 valence electrons. The molecular weight excluding hydrogens is 290 g/mol. The van der Waals surface area contributed by atoms with Crippen molar-refractivity contribution in [3.8, 4) is 0 Å². The quantitative estimate of drug-likeness (QED) is 0.578. The van der Waals surface area contributed by atoms with E-state index in [0.717, 1.165) is 0 Å². The highest BCUT2D eigenvalue weighted by Crippen LogP contribution is 2.29. The monoisotopic (exact) mass is 303 g/mol. The van der Waals surface area contributed by atoms with Gasteiger partial charge in [-0.15, -0.1) is 0 Å². The number of fused-ring (bicyclic) bond motifs is 1. The summed E-state index contributed by atoms with van der Waals surface area (Å²) < 4.78 is 6.68. The van der Waals surface area contributed by atoms with E-state index >= 15 is 0 Å². The zero-order chi connectivity index (χ0) is 15.9. The normalized spacial score (nSPS) is 12.6. The molecular formula is C13H13N5O4. The molecule has 0 aliphatic heterocycles. The molecule has 3 heterocycles. The lowest BCUT2D eigenvalue weighted by atomic mass is 10.0. The molecule has 1 atom stereocenters. The van der Waals surface area contributed by atoms with E-state index in [-0.39, 0.29) is 17.4 Å². The topological polar surface area (TPSA) is 120 Å². The van der Waals surface area contributed by atoms with Crippen molar-refractivity contribution in [3.05, 3.63) is 50.4 Å². The van der Waals surface area contributed by atoms with Crippen LogP contribution in [0.25, 0.3) is 11.0 Å². The van der Waals surface area contributed by atoms with E-state index in [1.807, 2.05) is 6.92 Å². The van der Waals surface area contributed by atoms with Crippen LogP contribution in [0.3, 0.4) is 0 Å². The predicted octanol–water partition coefficient (Wildman–Crippen LogP) is 1.70. The third-order valence-corrected chi connectivity index (χ3v) is 3.49. The van der Waals surface area contributed by atoms with E-state index in [0.29, 0.717) is 29.0 Å². The molecule has 0 aliphatic carbocycles. The first kappa shape index (κ1) is 14.0. The molecule has 0 saturated heterocycles. The lowest BCUT2D eigenvalue weighted by Gasteiger charge is -2.10. The second-order valence-electron chi connectivity index (χ2n) is 4.85. The number of nitro groups is 1. The predicted molar refractivity (Wildman–Crippen MR) is 76.6 cm³/mol. The van der Waals surface area contributed by atoms with Gasteiger partial charge < -0.3 is 9.40 Å². The maximum Gasteiger partial charge on any atom is 0.433 e. The van der Waals surface area contributed by atoms with Gasteiger partial charge in [-0.1, -0.05) is 6.92 Å². The maximum absolute atomic E-state index is 12.2. The van der Waals surface area contributed by atoms with E-state index in [2.05, 4.69) is 15.1 Å². The molecule has 9 nitrogen and oxygen atoms in total. The molecule has 3 aromatic rings. The Morgan fingerprint density at radius 3 is 2.91 bits per heavy atom. The van der Waals surface area contributed by atoms with Gasteiger partial charge >= 0.3 is 5.88 Å². The summed E-state index contributed by atoms with van der Waals surface area (Å²) in [6.45, 7) is 1.88. The SMILES string of the molecule is CCC(c1nc2cnn(C)c2c(=O)[nH]1)c1ccc([N+](=O)[O-])o1. The number of rotatable bonds is 4. The lowest BCUT2D eigenvalue weighted by Crippen LogP contribution is -2.16. The number of aromatic amines is 1. The van der Waals surface area contributed by atoms with Crippen LogP contribution >= 0.6 is 0 Å². The molecule has 0 fully saturated rings. The number of nitrogens with zero attached hydrogens (tertiary/aromatic N) is 4. The van der Waals surface area contributed by atoms with Crippen LogP contribution in [-0.4, -0.2) is 24.7 Å². The Labute approximate surface area is 123 Å². The van der Waals surface area contributed by atoms with Gasteiger partial charge in [0.05, 0.1) is 18.2 Å². The van der Waals surface area contributed by atoms with Crippen molar-refractivity contribution in [2.24, 2.45) is 7.05 Å². The highest BCUT2D eigenvalue weighted by molar-refractivity contribution is 5.72. The summed E-state index contributed by atoms with van der Waals surface area (Å²) in [7, 11) is 1.66. The van der Waals surface area contributed by atoms with Gasteiger partial charge in [-0.2, -0.15) is 5.10 Å². The van der Waals surface area contributed by atoms with Gasteiger partial charge in [-0.3, -0.25) is 19.6 Å². The summed E-state index contributed by atoms with van der Waals surface area (Å²) in [5.41, 5.74) is 0.546. The average molecular weight is 303 g/mol. The van der Waals surface area contributed by atoms with Crippen molar-refractivity contribution in [3.63, 3.8) is 0 Å². The average Bonchev–Trinajstić information content (AvgIpc) is 3.08. The number of nitrogens with one attached hydrogen (secondary N) is 1. The molecule has 0 spiro atoms. The molecule has 0 radical (unpaired) electrons. The summed E-state index contributed by atoms with van der Waals surface area (Å²) in [6.07, 6.45) is 2.07. The highest BCUT2D eigenvalue weighted by atomic mass is 16.6. The molecule has 0 amide bonds. The zero-order valence-electron chi connectivity index (χ0n) is 11.9. The Hall–Kier alpha value is -2.97. The van der Waals surface area contributed by atoms with Gasteiger partial charge in [-0.25, -0.2) is 4.98 Å². The fourth-order valence-electron chi connectivity index (χ4n) is 2.43. The Morgan fingerprint density at radius 1 is 1.50 bits per heavy atom. The fourth-order valence-corrected chi connectivity index (χ4v) is 2.43. The van der Waals surface area contributed by atoms with Crippen LogP contribution in [0, 0.1) is 10.1 Å². The Balaban J connectivity index is 2.10. The minimum Gasteiger partial charge on any atom is -0.405 e. The van der Waals surface area contributed by atoms with E-state index < -0.39 is 4.92 Å². The molecule has 0 aromatic carbocycles. The van der Waals surface area contributed by atoms with Gasteiger partial charge in [0.25, 0.3) is 5.56 Å². The standard InChI is InChI=1S/C13H13N5O4/c1-3-7(9-4-5-10(22-9)18(20)21)12-15-8-6-14-17(2)11(8)13(19)16-12/h4-7H,3H2,1-2H3,(H,15,16,19). The minimum atomic E-state index is -0.600. The summed E-state index contributed by atoms with van der Waals surface area (Å²) in [6, 6.07) is 2.82. The van der Waals surface area contributed by atoms with Crippen molar-refractivity contribution >= 4 is 16.9 Å². The molecule has 3 aromatic heterocycles. The maximum atomic E-state index is 12.2. The van der Waals surface area contributed by atoms with Gasteiger partial charge in [-0.05, 0) is 12.5 Å². The minimum absolute atomic E-state index is 0.306. The van der Waals surface area contributed by atoms with Crippen LogP contribution in [-0.2, 0) is 7.05 Å². The Bertz CT molecular complexity index is 907. The Kier molecular flexibility index (Phi) is 3.24. The van der Waals surface area contributed by atoms with Crippen LogP contribution in [0.5, 0.6) is 0 Å². The Morgan fingerprint density at radius 2 is 2.27 bits per heavy atom. The number of aryl methyl sites for hydroxylation is 1. The molecule has 0 bridgehead atoms. The van der Waals surface area contributed by atoms with Gasteiger partial charge in [0.15, 0.2) is 5.52 Å². The molecule has 9 heteroatoms. The lowest BCUT2D eigenvalue weighted by molar-refractivity contribution is -0.402. The van der Waals surface area contributed by atoms with Crippen LogP contribution in [0.1, 0.15) is 30.8 Å². The second kappa shape index (κ2) is 5.10. The van der Waals surface area contributed by atoms with Crippen LogP contribution in [0.4, 0.5) is 5.88 Å². The van der Waals surface area contributed by atoms with E-state index in [1.54, 1.807) is 7.05 Å². The summed E-state index contributed by atoms with van der Waals surface area (Å²) in [5.74, 6) is 0.0853. The van der Waals surface area contributed by atoms with E-state index in [4.69, 9.17) is 4.42 Å². The van der Waals surface area contributed by atoms with E-state index in [9.17, 15) is 14.9 Å². The van der Waals surface area contributed by atoms with Crippen molar-refractivity contribution in [1.29, 1.82) is 0 Å². The summed E-state index contributed by atoms with van der Waals surface area (Å²) in [4.78, 5) is 29.4. The van der Waals surface area contributed by atoms with Crippen molar-refractivity contribution in [2.75, 3.05) is 0 Å². The van der Waals surface area contributed by atoms with Crippen LogP contribution in [0.2, 0.25) is 0 Å². The smallest absolute Gasteiger partial charge is 0.405 e. The molecule has 3 rings (SSSR count). The van der Waals surface area contributed by atoms with Crippen LogP contribution in [0.15, 0.2) is 27.5 Å². The fraction of sp³-hybridized carbons (Fsp3) is 0.308. The number of hydrogen-bond donors (Lipinski definition) is 1. The first-order valence-corrected chi connectivity index (χ1v) is 6.67. The number of hydrogen-bond acceptors (Lipinski definition) is 6.